The number of ketones is 1. The molecule has 0 aliphatic carbocycles. The smallest absolute Gasteiger partial charge is 0.251 e. The molecule has 3 rings (SSSR count). The maximum Gasteiger partial charge on any atom is 0.251 e. The number of para-hydroxylation sites is 1. The van der Waals surface area contributed by atoms with Crippen LogP contribution in [0.5, 0.6) is 0 Å². The highest BCUT2D eigenvalue weighted by atomic mass is 16.1. The van der Waals surface area contributed by atoms with Crippen molar-refractivity contribution >= 4 is 28.9 Å². The lowest BCUT2D eigenvalue weighted by Crippen LogP contribution is -2.19. The molecule has 0 amide bonds. The zero-order valence-corrected chi connectivity index (χ0v) is 14.2. The minimum absolute atomic E-state index is 0.0407. The molecule has 0 aliphatic heterocycles. The Morgan fingerprint density at radius 2 is 1.80 bits per heavy atom. The van der Waals surface area contributed by atoms with Crippen LogP contribution in [0.1, 0.15) is 24.2 Å². The number of hydrogen-bond donors (Lipinski definition) is 1. The number of carbonyl (C=O) groups is 1. The van der Waals surface area contributed by atoms with E-state index in [9.17, 15) is 4.79 Å². The van der Waals surface area contributed by atoms with Crippen molar-refractivity contribution < 1.29 is 4.79 Å². The third kappa shape index (κ3) is 3.98. The van der Waals surface area contributed by atoms with E-state index in [1.165, 1.54) is 0 Å². The molecule has 1 aromatic heterocycles. The van der Waals surface area contributed by atoms with Crippen LogP contribution in [0, 0.1) is 0 Å². The standard InChI is InChI=1S/C19H19N5O/c1-3-24(17-7-5-4-6-8-17)19-22-18(13-20-23-19)21-16-11-9-15(10-12-16)14(2)25/h4-13H,3H2,1-2H3,(H,21,22,23). The molecule has 0 atom stereocenters. The van der Waals surface area contributed by atoms with Gasteiger partial charge >= 0.3 is 0 Å². The molecule has 0 fully saturated rings. The summed E-state index contributed by atoms with van der Waals surface area (Å²) in [5, 5.41) is 11.4. The summed E-state index contributed by atoms with van der Waals surface area (Å²) in [7, 11) is 0. The van der Waals surface area contributed by atoms with Gasteiger partial charge in [-0.2, -0.15) is 10.1 Å². The van der Waals surface area contributed by atoms with E-state index in [0.717, 1.165) is 17.9 Å². The first-order valence-corrected chi connectivity index (χ1v) is 8.07. The molecule has 0 radical (unpaired) electrons. The number of rotatable bonds is 6. The molecule has 25 heavy (non-hydrogen) atoms. The van der Waals surface area contributed by atoms with Crippen molar-refractivity contribution in [3.05, 3.63) is 66.4 Å². The zero-order valence-electron chi connectivity index (χ0n) is 14.2. The lowest BCUT2D eigenvalue weighted by Gasteiger charge is -2.20. The van der Waals surface area contributed by atoms with Crippen LogP contribution in [0.2, 0.25) is 0 Å². The molecule has 1 N–H and O–H groups in total. The zero-order chi connectivity index (χ0) is 17.6. The molecule has 0 bridgehead atoms. The van der Waals surface area contributed by atoms with Crippen molar-refractivity contribution in [1.29, 1.82) is 0 Å². The topological polar surface area (TPSA) is 71.0 Å². The van der Waals surface area contributed by atoms with Gasteiger partial charge in [0.1, 0.15) is 0 Å². The molecule has 0 saturated heterocycles. The highest BCUT2D eigenvalue weighted by Crippen LogP contribution is 2.22. The predicted molar refractivity (Wildman–Crippen MR) is 98.7 cm³/mol. The van der Waals surface area contributed by atoms with Crippen molar-refractivity contribution in [1.82, 2.24) is 15.2 Å². The Kier molecular flexibility index (Phi) is 4.99. The van der Waals surface area contributed by atoms with Gasteiger partial charge in [0.05, 0.1) is 6.20 Å². The summed E-state index contributed by atoms with van der Waals surface area (Å²) in [4.78, 5) is 17.9. The fourth-order valence-electron chi connectivity index (χ4n) is 2.45. The van der Waals surface area contributed by atoms with Gasteiger partial charge in [-0.3, -0.25) is 4.79 Å². The maximum atomic E-state index is 11.3. The molecular formula is C19H19N5O. The van der Waals surface area contributed by atoms with Crippen LogP contribution in [-0.2, 0) is 0 Å². The first-order valence-electron chi connectivity index (χ1n) is 8.07. The summed E-state index contributed by atoms with van der Waals surface area (Å²) in [6.45, 7) is 4.31. The largest absolute Gasteiger partial charge is 0.339 e. The summed E-state index contributed by atoms with van der Waals surface area (Å²) in [6.07, 6.45) is 1.57. The first-order chi connectivity index (χ1) is 12.2. The van der Waals surface area contributed by atoms with E-state index in [-0.39, 0.29) is 5.78 Å². The highest BCUT2D eigenvalue weighted by molar-refractivity contribution is 5.94. The Morgan fingerprint density at radius 1 is 1.08 bits per heavy atom. The third-order valence-electron chi connectivity index (χ3n) is 3.74. The average molecular weight is 333 g/mol. The molecule has 0 spiro atoms. The van der Waals surface area contributed by atoms with Crippen LogP contribution in [0.25, 0.3) is 0 Å². The number of nitrogens with one attached hydrogen (secondary N) is 1. The number of carbonyl (C=O) groups excluding carboxylic acids is 1. The van der Waals surface area contributed by atoms with Crippen LogP contribution in [0.3, 0.4) is 0 Å². The summed E-state index contributed by atoms with van der Waals surface area (Å²) in [6, 6.07) is 17.2. The molecule has 2 aromatic carbocycles. The van der Waals surface area contributed by atoms with E-state index in [1.807, 2.05) is 54.3 Å². The quantitative estimate of drug-likeness (QED) is 0.688. The second-order valence-electron chi connectivity index (χ2n) is 5.48. The van der Waals surface area contributed by atoms with Gasteiger partial charge in [-0.15, -0.1) is 5.10 Å². The number of Topliss-reactive ketones (excluding diaryl/α,β-unsaturated/α-hetero) is 1. The minimum Gasteiger partial charge on any atom is -0.339 e. The fraction of sp³-hybridized carbons (Fsp3) is 0.158. The van der Waals surface area contributed by atoms with E-state index < -0.39 is 0 Å². The fourth-order valence-corrected chi connectivity index (χ4v) is 2.45. The summed E-state index contributed by atoms with van der Waals surface area (Å²) in [5.74, 6) is 1.16. The number of nitrogens with zero attached hydrogens (tertiary/aromatic N) is 4. The predicted octanol–water partition coefficient (Wildman–Crippen LogP) is 3.98. The monoisotopic (exact) mass is 333 g/mol. The molecule has 126 valence electrons. The van der Waals surface area contributed by atoms with E-state index in [4.69, 9.17) is 0 Å². The van der Waals surface area contributed by atoms with Crippen molar-refractivity contribution in [2.75, 3.05) is 16.8 Å². The minimum atomic E-state index is 0.0407. The van der Waals surface area contributed by atoms with Gasteiger partial charge in [0.15, 0.2) is 11.6 Å². The molecule has 1 heterocycles. The Balaban J connectivity index is 1.82. The second-order valence-corrected chi connectivity index (χ2v) is 5.48. The number of anilines is 4. The van der Waals surface area contributed by atoms with Crippen LogP contribution in [-0.4, -0.2) is 27.5 Å². The molecule has 6 heteroatoms. The molecule has 0 unspecified atom stereocenters. The molecule has 0 aliphatic rings. The van der Waals surface area contributed by atoms with Crippen molar-refractivity contribution in [2.24, 2.45) is 0 Å². The summed E-state index contributed by atoms with van der Waals surface area (Å²) < 4.78 is 0. The van der Waals surface area contributed by atoms with E-state index in [2.05, 4.69) is 20.5 Å². The number of benzene rings is 2. The van der Waals surface area contributed by atoms with Crippen molar-refractivity contribution in [3.8, 4) is 0 Å². The number of hydrogen-bond acceptors (Lipinski definition) is 6. The SMILES string of the molecule is CCN(c1ccccc1)c1nncc(Nc2ccc(C(C)=O)cc2)n1. The van der Waals surface area contributed by atoms with Gasteiger partial charge in [-0.05, 0) is 50.2 Å². The Bertz CT molecular complexity index is 849. The Morgan fingerprint density at radius 3 is 2.44 bits per heavy atom. The van der Waals surface area contributed by atoms with E-state index in [0.29, 0.717) is 17.3 Å². The molecule has 0 saturated carbocycles. The van der Waals surface area contributed by atoms with Gasteiger partial charge in [0.2, 0.25) is 0 Å². The van der Waals surface area contributed by atoms with Gasteiger partial charge in [-0.25, -0.2) is 0 Å². The van der Waals surface area contributed by atoms with E-state index in [1.54, 1.807) is 25.3 Å². The van der Waals surface area contributed by atoms with Gasteiger partial charge < -0.3 is 10.2 Å². The second kappa shape index (κ2) is 7.53. The molecule has 6 nitrogen and oxygen atoms in total. The lowest BCUT2D eigenvalue weighted by molar-refractivity contribution is 0.101. The van der Waals surface area contributed by atoms with Gasteiger partial charge in [-0.1, -0.05) is 18.2 Å². The van der Waals surface area contributed by atoms with Crippen molar-refractivity contribution in [3.63, 3.8) is 0 Å². The maximum absolute atomic E-state index is 11.3. The average Bonchev–Trinajstić information content (AvgIpc) is 2.64. The normalized spacial score (nSPS) is 10.3. The Hall–Kier alpha value is -3.28. The van der Waals surface area contributed by atoms with Gasteiger partial charge in [0, 0.05) is 23.5 Å². The molecule has 3 aromatic rings. The van der Waals surface area contributed by atoms with Crippen LogP contribution < -0.4 is 10.2 Å². The van der Waals surface area contributed by atoms with Crippen LogP contribution >= 0.6 is 0 Å². The lowest BCUT2D eigenvalue weighted by atomic mass is 10.1. The molecular weight excluding hydrogens is 314 g/mol. The van der Waals surface area contributed by atoms with Crippen LogP contribution in [0.4, 0.5) is 23.1 Å². The summed E-state index contributed by atoms with van der Waals surface area (Å²) >= 11 is 0. The summed E-state index contributed by atoms with van der Waals surface area (Å²) in [5.41, 5.74) is 2.52. The van der Waals surface area contributed by atoms with Crippen molar-refractivity contribution in [2.45, 2.75) is 13.8 Å². The third-order valence-corrected chi connectivity index (χ3v) is 3.74. The highest BCUT2D eigenvalue weighted by Gasteiger charge is 2.11. The first kappa shape index (κ1) is 16.6. The Labute approximate surface area is 146 Å². The van der Waals surface area contributed by atoms with Crippen LogP contribution in [0.15, 0.2) is 60.8 Å². The van der Waals surface area contributed by atoms with E-state index >= 15 is 0 Å². The number of aromatic nitrogens is 3. The van der Waals surface area contributed by atoms with Gasteiger partial charge in [0.25, 0.3) is 5.95 Å².